The maximum absolute atomic E-state index is 5.74. The summed E-state index contributed by atoms with van der Waals surface area (Å²) < 4.78 is 13.2. The van der Waals surface area contributed by atoms with Gasteiger partial charge in [-0.1, -0.05) is 18.2 Å². The second-order valence-corrected chi connectivity index (χ2v) is 6.61. The van der Waals surface area contributed by atoms with Gasteiger partial charge in [0.05, 0.1) is 24.7 Å². The number of benzene rings is 2. The van der Waals surface area contributed by atoms with Crippen LogP contribution in [-0.2, 0) is 6.54 Å². The molecular formula is C22H29N5O2. The highest BCUT2D eigenvalue weighted by atomic mass is 16.5. The molecule has 29 heavy (non-hydrogen) atoms. The van der Waals surface area contributed by atoms with E-state index >= 15 is 0 Å². The minimum atomic E-state index is 0.536. The summed E-state index contributed by atoms with van der Waals surface area (Å²) in [4.78, 5) is 8.88. The van der Waals surface area contributed by atoms with E-state index in [2.05, 4.69) is 50.3 Å². The number of guanidine groups is 1. The number of hydrogen-bond acceptors (Lipinski definition) is 4. The lowest BCUT2D eigenvalue weighted by Crippen LogP contribution is -2.39. The number of hydrogen-bond donors (Lipinski definition) is 2. The molecule has 0 saturated carbocycles. The number of aliphatic imine (C=N–C) groups is 1. The number of aryl methyl sites for hydroxylation is 2. The first kappa shape index (κ1) is 20.5. The molecule has 0 aliphatic rings. The van der Waals surface area contributed by atoms with Crippen LogP contribution >= 0.6 is 0 Å². The van der Waals surface area contributed by atoms with Gasteiger partial charge >= 0.3 is 0 Å². The molecule has 3 aromatic rings. The number of rotatable bonds is 9. The molecule has 1 aromatic heterocycles. The average molecular weight is 396 g/mol. The normalized spacial score (nSPS) is 11.5. The van der Waals surface area contributed by atoms with Gasteiger partial charge in [0.15, 0.2) is 5.96 Å². The molecule has 3 rings (SSSR count). The molecule has 0 fully saturated rings. The smallest absolute Gasteiger partial charge is 0.191 e. The summed E-state index contributed by atoms with van der Waals surface area (Å²) in [5.74, 6) is 3.39. The van der Waals surface area contributed by atoms with Crippen molar-refractivity contribution >= 4 is 17.0 Å². The summed E-state index contributed by atoms with van der Waals surface area (Å²) in [6, 6.07) is 15.8. The van der Waals surface area contributed by atoms with Gasteiger partial charge in [0.2, 0.25) is 0 Å². The quantitative estimate of drug-likeness (QED) is 0.331. The van der Waals surface area contributed by atoms with Crippen LogP contribution < -0.4 is 20.1 Å². The first-order chi connectivity index (χ1) is 14.2. The number of imidazole rings is 1. The van der Waals surface area contributed by atoms with Crippen molar-refractivity contribution in [3.05, 3.63) is 54.4 Å². The predicted octanol–water partition coefficient (Wildman–Crippen LogP) is 2.99. The monoisotopic (exact) mass is 395 g/mol. The maximum Gasteiger partial charge on any atom is 0.191 e. The number of ether oxygens (including phenoxy) is 2. The third-order valence-corrected chi connectivity index (χ3v) is 4.62. The van der Waals surface area contributed by atoms with Gasteiger partial charge < -0.3 is 24.7 Å². The highest BCUT2D eigenvalue weighted by Gasteiger charge is 2.06. The molecule has 0 aliphatic heterocycles. The van der Waals surface area contributed by atoms with E-state index in [4.69, 9.17) is 9.47 Å². The van der Waals surface area contributed by atoms with Crippen molar-refractivity contribution in [3.63, 3.8) is 0 Å². The van der Waals surface area contributed by atoms with Gasteiger partial charge in [-0.15, -0.1) is 0 Å². The van der Waals surface area contributed by atoms with E-state index in [1.165, 1.54) is 5.52 Å². The SMILES string of the molecule is CN=C(NCCCn1c(C)nc2ccccc21)NCCOc1cccc(OC)c1. The molecule has 0 radical (unpaired) electrons. The molecule has 0 amide bonds. The van der Waals surface area contributed by atoms with Crippen molar-refractivity contribution in [2.75, 3.05) is 33.9 Å². The third kappa shape index (κ3) is 5.63. The van der Waals surface area contributed by atoms with Gasteiger partial charge in [-0.05, 0) is 37.6 Å². The van der Waals surface area contributed by atoms with Crippen LogP contribution in [0.2, 0.25) is 0 Å². The molecule has 0 bridgehead atoms. The van der Waals surface area contributed by atoms with E-state index in [1.54, 1.807) is 14.2 Å². The Labute approximate surface area is 171 Å². The lowest BCUT2D eigenvalue weighted by molar-refractivity contribution is 0.319. The molecule has 2 aromatic carbocycles. The topological polar surface area (TPSA) is 72.7 Å². The molecule has 7 heteroatoms. The summed E-state index contributed by atoms with van der Waals surface area (Å²) in [6.07, 6.45) is 0.974. The Hall–Kier alpha value is -3.22. The minimum Gasteiger partial charge on any atom is -0.497 e. The molecule has 0 atom stereocenters. The minimum absolute atomic E-state index is 0.536. The largest absolute Gasteiger partial charge is 0.497 e. The lowest BCUT2D eigenvalue weighted by Gasteiger charge is -2.13. The molecule has 2 N–H and O–H groups in total. The molecule has 0 aliphatic carbocycles. The summed E-state index contributed by atoms with van der Waals surface area (Å²) in [6.45, 7) is 4.98. The van der Waals surface area contributed by atoms with Crippen LogP contribution in [0.3, 0.4) is 0 Å². The lowest BCUT2D eigenvalue weighted by atomic mass is 10.3. The van der Waals surface area contributed by atoms with Crippen molar-refractivity contribution in [2.45, 2.75) is 19.9 Å². The highest BCUT2D eigenvalue weighted by molar-refractivity contribution is 5.79. The van der Waals surface area contributed by atoms with Crippen molar-refractivity contribution in [3.8, 4) is 11.5 Å². The Morgan fingerprint density at radius 1 is 1.07 bits per heavy atom. The van der Waals surface area contributed by atoms with Crippen molar-refractivity contribution in [2.24, 2.45) is 4.99 Å². The molecular weight excluding hydrogens is 366 g/mol. The summed E-state index contributed by atoms with van der Waals surface area (Å²) in [5, 5.41) is 6.61. The van der Waals surface area contributed by atoms with Gasteiger partial charge in [0.25, 0.3) is 0 Å². The van der Waals surface area contributed by atoms with Gasteiger partial charge in [-0.3, -0.25) is 4.99 Å². The number of nitrogens with one attached hydrogen (secondary N) is 2. The number of methoxy groups -OCH3 is 1. The molecule has 0 saturated heterocycles. The van der Waals surface area contributed by atoms with E-state index in [1.807, 2.05) is 30.3 Å². The Balaban J connectivity index is 1.37. The van der Waals surface area contributed by atoms with Crippen LogP contribution in [0.15, 0.2) is 53.5 Å². The highest BCUT2D eigenvalue weighted by Crippen LogP contribution is 2.18. The van der Waals surface area contributed by atoms with E-state index in [-0.39, 0.29) is 0 Å². The van der Waals surface area contributed by atoms with Crippen molar-refractivity contribution in [1.82, 2.24) is 20.2 Å². The van der Waals surface area contributed by atoms with E-state index in [9.17, 15) is 0 Å². The first-order valence-corrected chi connectivity index (χ1v) is 9.84. The molecule has 0 spiro atoms. The number of aromatic nitrogens is 2. The zero-order valence-electron chi connectivity index (χ0n) is 17.3. The van der Waals surface area contributed by atoms with Crippen LogP contribution in [0.4, 0.5) is 0 Å². The summed E-state index contributed by atoms with van der Waals surface area (Å²) in [7, 11) is 3.42. The zero-order valence-corrected chi connectivity index (χ0v) is 17.3. The third-order valence-electron chi connectivity index (χ3n) is 4.62. The van der Waals surface area contributed by atoms with Gasteiger partial charge in [-0.2, -0.15) is 0 Å². The number of para-hydroxylation sites is 2. The average Bonchev–Trinajstić information content (AvgIpc) is 3.07. The molecule has 154 valence electrons. The van der Waals surface area contributed by atoms with E-state index in [0.717, 1.165) is 48.3 Å². The fourth-order valence-corrected chi connectivity index (χ4v) is 3.17. The van der Waals surface area contributed by atoms with Gasteiger partial charge in [0.1, 0.15) is 23.9 Å². The second kappa shape index (κ2) is 10.4. The second-order valence-electron chi connectivity index (χ2n) is 6.61. The summed E-state index contributed by atoms with van der Waals surface area (Å²) in [5.41, 5.74) is 2.23. The standard InChI is InChI=1S/C22H29N5O2/c1-17-26-20-10-4-5-11-21(20)27(17)14-7-12-24-22(23-2)25-13-15-29-19-9-6-8-18(16-19)28-3/h4-6,8-11,16H,7,12-15H2,1-3H3,(H2,23,24,25). The Kier molecular flexibility index (Phi) is 7.33. The Morgan fingerprint density at radius 2 is 1.86 bits per heavy atom. The van der Waals surface area contributed by atoms with E-state index < -0.39 is 0 Å². The molecule has 7 nitrogen and oxygen atoms in total. The van der Waals surface area contributed by atoms with Crippen LogP contribution in [0.25, 0.3) is 11.0 Å². The van der Waals surface area contributed by atoms with Crippen LogP contribution in [-0.4, -0.2) is 49.4 Å². The zero-order chi connectivity index (χ0) is 20.5. The van der Waals surface area contributed by atoms with Gasteiger partial charge in [-0.25, -0.2) is 4.98 Å². The van der Waals surface area contributed by atoms with Crippen LogP contribution in [0.1, 0.15) is 12.2 Å². The number of fused-ring (bicyclic) bond motifs is 1. The fourth-order valence-electron chi connectivity index (χ4n) is 3.17. The first-order valence-electron chi connectivity index (χ1n) is 9.84. The van der Waals surface area contributed by atoms with Crippen LogP contribution in [0.5, 0.6) is 11.5 Å². The van der Waals surface area contributed by atoms with Crippen molar-refractivity contribution < 1.29 is 9.47 Å². The Morgan fingerprint density at radius 3 is 2.69 bits per heavy atom. The predicted molar refractivity (Wildman–Crippen MR) is 117 cm³/mol. The van der Waals surface area contributed by atoms with Crippen LogP contribution in [0, 0.1) is 6.92 Å². The summed E-state index contributed by atoms with van der Waals surface area (Å²) >= 11 is 0. The van der Waals surface area contributed by atoms with Gasteiger partial charge in [0, 0.05) is 26.2 Å². The fraction of sp³-hybridized carbons (Fsp3) is 0.364. The molecule has 1 heterocycles. The van der Waals surface area contributed by atoms with E-state index in [0.29, 0.717) is 13.2 Å². The molecule has 0 unspecified atom stereocenters. The Bertz CT molecular complexity index is 951. The van der Waals surface area contributed by atoms with Crippen molar-refractivity contribution in [1.29, 1.82) is 0 Å². The number of nitrogens with zero attached hydrogens (tertiary/aromatic N) is 3. The maximum atomic E-state index is 5.74.